The van der Waals surface area contributed by atoms with Crippen molar-refractivity contribution in [1.29, 1.82) is 0 Å². The van der Waals surface area contributed by atoms with Crippen molar-refractivity contribution in [1.82, 2.24) is 0 Å². The van der Waals surface area contributed by atoms with Gasteiger partial charge in [0.2, 0.25) is 0 Å². The lowest BCUT2D eigenvalue weighted by Crippen LogP contribution is -2.34. The Morgan fingerprint density at radius 2 is 0.622 bits per heavy atom. The van der Waals surface area contributed by atoms with Crippen molar-refractivity contribution in [2.24, 2.45) is 0 Å². The average Bonchev–Trinajstić information content (AvgIpc) is 3.49. The van der Waals surface area contributed by atoms with Crippen LogP contribution in [0.1, 0.15) is 89.0 Å². The Kier molecular flexibility index (Phi) is 14.0. The largest absolute Gasteiger partial charge is 0.338 e. The number of anilines is 3. The van der Waals surface area contributed by atoms with Crippen LogP contribution in [0, 0.1) is 0 Å². The molecule has 0 aromatic heterocycles. The summed E-state index contributed by atoms with van der Waals surface area (Å²) in [6.45, 7) is 0. The molecule has 0 heterocycles. The van der Waals surface area contributed by atoms with E-state index in [2.05, 4.69) is 247 Å². The lowest BCUT2D eigenvalue weighted by Gasteiger charge is -2.36. The second kappa shape index (κ2) is 22.0. The highest BCUT2D eigenvalue weighted by Crippen LogP contribution is 2.42. The summed E-state index contributed by atoms with van der Waals surface area (Å²) in [4.78, 5) is 5.01. The van der Waals surface area contributed by atoms with E-state index in [1.807, 2.05) is 0 Å². The first kappa shape index (κ1) is 47.1. The van der Waals surface area contributed by atoms with Gasteiger partial charge in [-0.15, -0.1) is 0 Å². The molecule has 5 aromatic carbocycles. The molecule has 12 rings (SSSR count). The maximum atomic E-state index is 2.57. The quantitative estimate of drug-likeness (QED) is 0.116. The molecule has 0 N–H and O–H groups in total. The van der Waals surface area contributed by atoms with Gasteiger partial charge in [-0.05, 0) is 210 Å². The van der Waals surface area contributed by atoms with Crippen LogP contribution in [0.3, 0.4) is 0 Å². The Hall–Kier alpha value is -7.94. The molecule has 0 aliphatic heterocycles. The van der Waals surface area contributed by atoms with Gasteiger partial charge in [0.15, 0.2) is 0 Å². The number of hydrogen-bond donors (Lipinski definition) is 0. The van der Waals surface area contributed by atoms with Crippen molar-refractivity contribution in [3.8, 4) is 11.1 Å². The van der Waals surface area contributed by atoms with E-state index in [4.69, 9.17) is 0 Å². The lowest BCUT2D eigenvalue weighted by atomic mass is 9.80. The second-order valence-electron chi connectivity index (χ2n) is 20.7. The maximum absolute atomic E-state index is 2.57. The highest BCUT2D eigenvalue weighted by Gasteiger charge is 2.26. The van der Waals surface area contributed by atoms with Crippen molar-refractivity contribution in [2.75, 3.05) is 9.80 Å². The van der Waals surface area contributed by atoms with Crippen molar-refractivity contribution in [3.63, 3.8) is 0 Å². The molecule has 0 spiro atoms. The van der Waals surface area contributed by atoms with E-state index < -0.39 is 0 Å². The summed E-state index contributed by atoms with van der Waals surface area (Å²) in [5.41, 5.74) is 26.6. The molecule has 1 atom stereocenters. The summed E-state index contributed by atoms with van der Waals surface area (Å²) in [5, 5.41) is 0. The molecule has 7 aliphatic rings. The molecule has 2 nitrogen and oxygen atoms in total. The number of hydrogen-bond acceptors (Lipinski definition) is 2. The van der Waals surface area contributed by atoms with Gasteiger partial charge in [0, 0.05) is 28.5 Å². The molecular weight excluding hydrogens is 893 g/mol. The van der Waals surface area contributed by atoms with Gasteiger partial charge in [-0.1, -0.05) is 188 Å². The molecule has 0 radical (unpaired) electrons. The fourth-order valence-electron chi connectivity index (χ4n) is 12.2. The van der Waals surface area contributed by atoms with Gasteiger partial charge >= 0.3 is 0 Å². The van der Waals surface area contributed by atoms with Crippen molar-refractivity contribution in [2.45, 2.75) is 89.5 Å². The van der Waals surface area contributed by atoms with Crippen LogP contribution in [-0.2, 0) is 0 Å². The molecular formula is C72H66N2. The van der Waals surface area contributed by atoms with Crippen LogP contribution in [0.15, 0.2) is 304 Å². The molecule has 2 heteroatoms. The number of nitrogens with zero attached hydrogens (tertiary/aromatic N) is 2. The predicted octanol–water partition coefficient (Wildman–Crippen LogP) is 19.2. The zero-order chi connectivity index (χ0) is 49.5. The first-order valence-electron chi connectivity index (χ1n) is 27.4. The average molecular weight is 959 g/mol. The molecule has 0 amide bonds. The molecule has 364 valence electrons. The zero-order valence-corrected chi connectivity index (χ0v) is 42.7. The van der Waals surface area contributed by atoms with Gasteiger partial charge in [-0.3, -0.25) is 0 Å². The van der Waals surface area contributed by atoms with Crippen LogP contribution in [-0.4, -0.2) is 6.04 Å². The van der Waals surface area contributed by atoms with E-state index in [1.54, 1.807) is 0 Å². The van der Waals surface area contributed by atoms with Crippen LogP contribution < -0.4 is 9.80 Å². The Morgan fingerprint density at radius 1 is 0.284 bits per heavy atom. The third kappa shape index (κ3) is 10.5. The standard InChI is InChI=1S/C72H66N2/c1-5-13-53(14-6-1)63-37-45-69(46-38-63)73(67-17-9-3-10-18-67)71-49-41-65(42-50-71)61-33-29-59(30-34-61)57-25-21-55(22-26-57)56-23-27-58(28-24-56)60-31-35-62(36-32-60)66-43-51-72(52-44-66)74(68-19-11-4-12-20-68)70-47-39-64(40-48-70)54-15-7-2-8-16-54/h1-21,23,25,27,29,31,33,35,37-41,43,45-47,49,51,70H,22,24,26,28,30,32,34,36,42,44,48,50,52H2. The number of para-hydroxylation sites is 2. The summed E-state index contributed by atoms with van der Waals surface area (Å²) >= 11 is 0. The molecule has 0 bridgehead atoms. The fourth-order valence-corrected chi connectivity index (χ4v) is 12.2. The van der Waals surface area contributed by atoms with Gasteiger partial charge in [0.25, 0.3) is 0 Å². The number of rotatable bonds is 13. The van der Waals surface area contributed by atoms with E-state index in [-0.39, 0.29) is 0 Å². The first-order valence-corrected chi connectivity index (χ1v) is 27.4. The monoisotopic (exact) mass is 959 g/mol. The summed E-state index contributed by atoms with van der Waals surface area (Å²) in [7, 11) is 0. The smallest absolute Gasteiger partial charge is 0.0557 e. The lowest BCUT2D eigenvalue weighted by molar-refractivity contribution is 0.714. The van der Waals surface area contributed by atoms with Crippen LogP contribution in [0.2, 0.25) is 0 Å². The Labute approximate surface area is 440 Å². The van der Waals surface area contributed by atoms with Crippen LogP contribution in [0.4, 0.5) is 17.1 Å². The third-order valence-corrected chi connectivity index (χ3v) is 16.3. The number of benzene rings is 5. The molecule has 1 unspecified atom stereocenters. The van der Waals surface area contributed by atoms with Gasteiger partial charge in [0.05, 0.1) is 6.04 Å². The minimum absolute atomic E-state index is 0.298. The van der Waals surface area contributed by atoms with Gasteiger partial charge in [0.1, 0.15) is 0 Å². The normalized spacial score (nSPS) is 19.8. The highest BCUT2D eigenvalue weighted by atomic mass is 15.2. The van der Waals surface area contributed by atoms with E-state index in [0.29, 0.717) is 6.04 Å². The van der Waals surface area contributed by atoms with E-state index in [1.165, 1.54) is 106 Å². The summed E-state index contributed by atoms with van der Waals surface area (Å²) in [5.74, 6) is 0. The fraction of sp³-hybridized carbons (Fsp3) is 0.194. The third-order valence-electron chi connectivity index (χ3n) is 16.3. The van der Waals surface area contributed by atoms with Gasteiger partial charge in [-0.2, -0.15) is 0 Å². The zero-order valence-electron chi connectivity index (χ0n) is 42.7. The first-order chi connectivity index (χ1) is 36.7. The minimum atomic E-state index is 0.298. The topological polar surface area (TPSA) is 6.48 Å². The molecule has 0 saturated heterocycles. The van der Waals surface area contributed by atoms with Crippen LogP contribution in [0.5, 0.6) is 0 Å². The molecule has 74 heavy (non-hydrogen) atoms. The Balaban J connectivity index is 0.678. The molecule has 0 fully saturated rings. The van der Waals surface area contributed by atoms with Crippen molar-refractivity contribution >= 4 is 22.6 Å². The van der Waals surface area contributed by atoms with E-state index >= 15 is 0 Å². The second-order valence-corrected chi connectivity index (χ2v) is 20.7. The van der Waals surface area contributed by atoms with Gasteiger partial charge < -0.3 is 9.80 Å². The van der Waals surface area contributed by atoms with Crippen LogP contribution >= 0.6 is 0 Å². The summed E-state index contributed by atoms with van der Waals surface area (Å²) < 4.78 is 0. The molecule has 0 saturated carbocycles. The highest BCUT2D eigenvalue weighted by molar-refractivity contribution is 5.76. The Morgan fingerprint density at radius 3 is 1.00 bits per heavy atom. The summed E-state index contributed by atoms with van der Waals surface area (Å²) in [6, 6.07) is 52.5. The van der Waals surface area contributed by atoms with Crippen molar-refractivity contribution in [3.05, 3.63) is 309 Å². The molecule has 5 aromatic rings. The van der Waals surface area contributed by atoms with E-state index in [0.717, 1.165) is 83.5 Å². The summed E-state index contributed by atoms with van der Waals surface area (Å²) in [6.07, 6.45) is 50.3. The van der Waals surface area contributed by atoms with Gasteiger partial charge in [-0.25, -0.2) is 0 Å². The Bertz CT molecular complexity index is 3350. The maximum Gasteiger partial charge on any atom is 0.0557 e. The SMILES string of the molecule is C1=CC(N(C2=CC=C(C3=CC=C(C4=CC=C(C5=CC=C(C6=CC=C(C7=CC=C(N(c8ccccc8)c8ccc(-c9ccccc9)cc8)CC7)CC6)CC5)CC4)CC3)CC2)c2ccccc2)CC=C1c1ccccc1. The minimum Gasteiger partial charge on any atom is -0.338 e. The van der Waals surface area contributed by atoms with Crippen LogP contribution in [0.25, 0.3) is 16.7 Å². The predicted molar refractivity (Wildman–Crippen MR) is 314 cm³/mol. The number of allylic oxidation sites excluding steroid dienone is 26. The van der Waals surface area contributed by atoms with E-state index in [9.17, 15) is 0 Å². The van der Waals surface area contributed by atoms with Crippen molar-refractivity contribution < 1.29 is 0 Å². The molecule has 7 aliphatic carbocycles.